The van der Waals surface area contributed by atoms with Gasteiger partial charge in [0, 0.05) is 5.54 Å². The molecule has 1 aliphatic carbocycles. The van der Waals surface area contributed by atoms with E-state index in [0.717, 1.165) is 5.92 Å². The highest BCUT2D eigenvalue weighted by Gasteiger charge is 2.39. The molecule has 78 valence electrons. The van der Waals surface area contributed by atoms with Crippen molar-refractivity contribution in [1.29, 1.82) is 0 Å². The molecule has 0 aromatic rings. The molecule has 0 bridgehead atoms. The average molecular weight is 183 g/mol. The van der Waals surface area contributed by atoms with Gasteiger partial charge in [-0.05, 0) is 43.9 Å². The maximum atomic E-state index is 6.38. The molecule has 1 nitrogen and oxygen atoms in total. The van der Waals surface area contributed by atoms with Gasteiger partial charge in [-0.25, -0.2) is 0 Å². The van der Waals surface area contributed by atoms with Crippen LogP contribution < -0.4 is 5.73 Å². The van der Waals surface area contributed by atoms with Crippen molar-refractivity contribution in [3.8, 4) is 0 Å². The minimum Gasteiger partial charge on any atom is -0.325 e. The van der Waals surface area contributed by atoms with Gasteiger partial charge in [-0.1, -0.05) is 27.2 Å². The van der Waals surface area contributed by atoms with E-state index in [1.54, 1.807) is 0 Å². The lowest BCUT2D eigenvalue weighted by molar-refractivity contribution is 0.0949. The predicted octanol–water partition coefficient (Wildman–Crippen LogP) is 3.33. The van der Waals surface area contributed by atoms with Gasteiger partial charge in [0.2, 0.25) is 0 Å². The van der Waals surface area contributed by atoms with Crippen LogP contribution in [0.2, 0.25) is 0 Å². The summed E-state index contributed by atoms with van der Waals surface area (Å²) in [5.74, 6) is 0.755. The zero-order valence-corrected chi connectivity index (χ0v) is 9.69. The molecule has 1 unspecified atom stereocenters. The van der Waals surface area contributed by atoms with Crippen LogP contribution in [-0.4, -0.2) is 5.54 Å². The van der Waals surface area contributed by atoms with Crippen molar-refractivity contribution in [2.75, 3.05) is 0 Å². The third-order valence-electron chi connectivity index (χ3n) is 3.60. The van der Waals surface area contributed by atoms with Crippen LogP contribution in [-0.2, 0) is 0 Å². The summed E-state index contributed by atoms with van der Waals surface area (Å²) in [5, 5.41) is 0. The van der Waals surface area contributed by atoms with Crippen LogP contribution in [0.4, 0.5) is 0 Å². The molecule has 1 aliphatic rings. The molecule has 0 aromatic carbocycles. The van der Waals surface area contributed by atoms with Gasteiger partial charge in [0.05, 0.1) is 0 Å². The molecule has 1 fully saturated rings. The van der Waals surface area contributed by atoms with Gasteiger partial charge < -0.3 is 5.73 Å². The van der Waals surface area contributed by atoms with Gasteiger partial charge in [-0.3, -0.25) is 0 Å². The van der Waals surface area contributed by atoms with E-state index >= 15 is 0 Å². The smallest absolute Gasteiger partial charge is 0.0159 e. The van der Waals surface area contributed by atoms with Crippen molar-refractivity contribution >= 4 is 0 Å². The number of hydrogen-bond acceptors (Lipinski definition) is 1. The number of nitrogens with two attached hydrogens (primary N) is 1. The minimum atomic E-state index is 0.0811. The predicted molar refractivity (Wildman–Crippen MR) is 58.6 cm³/mol. The lowest BCUT2D eigenvalue weighted by Crippen LogP contribution is -2.50. The molecule has 0 saturated heterocycles. The fraction of sp³-hybridized carbons (Fsp3) is 1.00. The van der Waals surface area contributed by atoms with Crippen LogP contribution in [0.15, 0.2) is 0 Å². The molecule has 0 aliphatic heterocycles. The topological polar surface area (TPSA) is 26.0 Å². The largest absolute Gasteiger partial charge is 0.325 e. The van der Waals surface area contributed by atoms with Gasteiger partial charge in [-0.15, -0.1) is 0 Å². The first-order valence-electron chi connectivity index (χ1n) is 5.66. The van der Waals surface area contributed by atoms with Crippen LogP contribution in [0.3, 0.4) is 0 Å². The van der Waals surface area contributed by atoms with Gasteiger partial charge in [0.15, 0.2) is 0 Å². The zero-order valence-electron chi connectivity index (χ0n) is 9.69. The first-order valence-corrected chi connectivity index (χ1v) is 5.66. The molecular formula is C12H25N. The molecule has 0 spiro atoms. The van der Waals surface area contributed by atoms with Crippen molar-refractivity contribution < 1.29 is 0 Å². The highest BCUT2D eigenvalue weighted by atomic mass is 14.8. The molecule has 13 heavy (non-hydrogen) atoms. The Morgan fingerprint density at radius 1 is 1.31 bits per heavy atom. The molecule has 2 N–H and O–H groups in total. The molecule has 0 radical (unpaired) electrons. The summed E-state index contributed by atoms with van der Waals surface area (Å²) in [6.45, 7) is 9.20. The Labute approximate surface area is 83.1 Å². The Morgan fingerprint density at radius 3 is 2.38 bits per heavy atom. The van der Waals surface area contributed by atoms with E-state index in [4.69, 9.17) is 5.73 Å². The second-order valence-corrected chi connectivity index (χ2v) is 5.87. The van der Waals surface area contributed by atoms with Crippen molar-refractivity contribution in [1.82, 2.24) is 0 Å². The lowest BCUT2D eigenvalue weighted by Gasteiger charge is -2.46. The molecule has 1 saturated carbocycles. The van der Waals surface area contributed by atoms with Crippen LogP contribution in [0.25, 0.3) is 0 Å². The molecular weight excluding hydrogens is 158 g/mol. The standard InChI is InChI=1S/C12H25N/c1-5-6-10-7-8-11(2,3)9-12(10,4)13/h10H,5-9,13H2,1-4H3/t10?,12-/m0/s1. The molecule has 0 aromatic heterocycles. The lowest BCUT2D eigenvalue weighted by atomic mass is 9.63. The summed E-state index contributed by atoms with van der Waals surface area (Å²) in [6, 6.07) is 0. The third-order valence-corrected chi connectivity index (χ3v) is 3.60. The maximum Gasteiger partial charge on any atom is 0.0159 e. The molecule has 1 heteroatoms. The van der Waals surface area contributed by atoms with E-state index in [1.807, 2.05) is 0 Å². The average Bonchev–Trinajstić information content (AvgIpc) is 1.93. The Morgan fingerprint density at radius 2 is 1.92 bits per heavy atom. The van der Waals surface area contributed by atoms with E-state index in [-0.39, 0.29) is 5.54 Å². The van der Waals surface area contributed by atoms with Crippen LogP contribution in [0.5, 0.6) is 0 Å². The summed E-state index contributed by atoms with van der Waals surface area (Å²) < 4.78 is 0. The van der Waals surface area contributed by atoms with Crippen LogP contribution in [0.1, 0.15) is 59.8 Å². The number of hydrogen-bond donors (Lipinski definition) is 1. The summed E-state index contributed by atoms with van der Waals surface area (Å²) in [5.41, 5.74) is 6.93. The van der Waals surface area contributed by atoms with Gasteiger partial charge in [0.25, 0.3) is 0 Å². The minimum absolute atomic E-state index is 0.0811. The van der Waals surface area contributed by atoms with Crippen LogP contribution >= 0.6 is 0 Å². The van der Waals surface area contributed by atoms with E-state index in [1.165, 1.54) is 32.1 Å². The summed E-state index contributed by atoms with van der Waals surface area (Å²) >= 11 is 0. The first kappa shape index (κ1) is 11.0. The highest BCUT2D eigenvalue weighted by Crippen LogP contribution is 2.44. The van der Waals surface area contributed by atoms with Gasteiger partial charge >= 0.3 is 0 Å². The summed E-state index contributed by atoms with van der Waals surface area (Å²) in [6.07, 6.45) is 6.45. The van der Waals surface area contributed by atoms with E-state index in [9.17, 15) is 0 Å². The fourth-order valence-electron chi connectivity index (χ4n) is 2.98. The van der Waals surface area contributed by atoms with Gasteiger partial charge in [-0.2, -0.15) is 0 Å². The van der Waals surface area contributed by atoms with Crippen molar-refractivity contribution in [2.24, 2.45) is 17.1 Å². The fourth-order valence-corrected chi connectivity index (χ4v) is 2.98. The third kappa shape index (κ3) is 2.70. The molecule has 0 heterocycles. The number of rotatable bonds is 2. The molecule has 1 rings (SSSR count). The van der Waals surface area contributed by atoms with Gasteiger partial charge in [0.1, 0.15) is 0 Å². The van der Waals surface area contributed by atoms with Crippen LogP contribution in [0, 0.1) is 11.3 Å². The second kappa shape index (κ2) is 3.61. The van der Waals surface area contributed by atoms with Crippen molar-refractivity contribution in [3.63, 3.8) is 0 Å². The van der Waals surface area contributed by atoms with Crippen molar-refractivity contribution in [2.45, 2.75) is 65.3 Å². The Bertz CT molecular complexity index is 170. The highest BCUT2D eigenvalue weighted by molar-refractivity contribution is 4.96. The Kier molecular flexibility index (Phi) is 3.06. The SMILES string of the molecule is CCCC1CCC(C)(C)C[C@]1(C)N. The monoisotopic (exact) mass is 183 g/mol. The Balaban J connectivity index is 2.62. The quantitative estimate of drug-likeness (QED) is 0.698. The summed E-state index contributed by atoms with van der Waals surface area (Å²) in [7, 11) is 0. The normalized spacial score (nSPS) is 39.0. The molecule has 2 atom stereocenters. The maximum absolute atomic E-state index is 6.38. The second-order valence-electron chi connectivity index (χ2n) is 5.87. The molecule has 0 amide bonds. The van der Waals surface area contributed by atoms with Crippen molar-refractivity contribution in [3.05, 3.63) is 0 Å². The van der Waals surface area contributed by atoms with E-state index in [2.05, 4.69) is 27.7 Å². The summed E-state index contributed by atoms with van der Waals surface area (Å²) in [4.78, 5) is 0. The first-order chi connectivity index (χ1) is 5.87. The zero-order chi connectivity index (χ0) is 10.1. The van der Waals surface area contributed by atoms with E-state index < -0.39 is 0 Å². The van der Waals surface area contributed by atoms with E-state index in [0.29, 0.717) is 5.41 Å². The Hall–Kier alpha value is -0.0400.